The van der Waals surface area contributed by atoms with Crippen molar-refractivity contribution in [3.8, 4) is 0 Å². The molecule has 12 heavy (non-hydrogen) atoms. The van der Waals surface area contributed by atoms with Gasteiger partial charge in [-0.3, -0.25) is 4.79 Å². The van der Waals surface area contributed by atoms with E-state index in [0.29, 0.717) is 6.42 Å². The molecule has 3 nitrogen and oxygen atoms in total. The van der Waals surface area contributed by atoms with Gasteiger partial charge in [0, 0.05) is 17.8 Å². The summed E-state index contributed by atoms with van der Waals surface area (Å²) in [4.78, 5) is 13.5. The van der Waals surface area contributed by atoms with E-state index in [1.165, 1.54) is 6.07 Å². The van der Waals surface area contributed by atoms with Gasteiger partial charge in [-0.2, -0.15) is 0 Å². The zero-order valence-electron chi connectivity index (χ0n) is 6.79. The van der Waals surface area contributed by atoms with E-state index < -0.39 is 0 Å². The minimum Gasteiger partial charge on any atom is -0.325 e. The largest absolute Gasteiger partial charge is 0.325 e. The van der Waals surface area contributed by atoms with Crippen molar-refractivity contribution in [2.75, 3.05) is 0 Å². The van der Waals surface area contributed by atoms with Crippen molar-refractivity contribution >= 4 is 0 Å². The van der Waals surface area contributed by atoms with Crippen LogP contribution >= 0.6 is 0 Å². The number of hydrogen-bond donors (Lipinski definition) is 2. The summed E-state index contributed by atoms with van der Waals surface area (Å²) in [5.74, 6) is 0. The summed E-state index contributed by atoms with van der Waals surface area (Å²) in [7, 11) is 0. The van der Waals surface area contributed by atoms with E-state index in [-0.39, 0.29) is 11.6 Å². The Hall–Kier alpha value is -1.35. The molecular formula is C9H12N2O. The normalized spacial score (nSPS) is 12.4. The summed E-state index contributed by atoms with van der Waals surface area (Å²) >= 11 is 0. The Morgan fingerprint density at radius 1 is 1.67 bits per heavy atom. The molecule has 0 aromatic carbocycles. The van der Waals surface area contributed by atoms with Crippen LogP contribution in [-0.2, 0) is 0 Å². The molecule has 0 amide bonds. The number of nitrogens with two attached hydrogens (primary N) is 1. The fraction of sp³-hybridized carbons (Fsp3) is 0.222. The van der Waals surface area contributed by atoms with Gasteiger partial charge in [0.15, 0.2) is 0 Å². The third-order valence-corrected chi connectivity index (χ3v) is 1.61. The molecule has 0 aliphatic carbocycles. The van der Waals surface area contributed by atoms with Gasteiger partial charge in [0.1, 0.15) is 0 Å². The van der Waals surface area contributed by atoms with Gasteiger partial charge >= 0.3 is 0 Å². The molecule has 0 fully saturated rings. The number of rotatable bonds is 3. The zero-order chi connectivity index (χ0) is 8.97. The van der Waals surface area contributed by atoms with Gasteiger partial charge in [-0.05, 0) is 12.5 Å². The van der Waals surface area contributed by atoms with Crippen LogP contribution in [0, 0.1) is 0 Å². The number of nitrogens with one attached hydrogen (secondary N) is 1. The van der Waals surface area contributed by atoms with E-state index >= 15 is 0 Å². The van der Waals surface area contributed by atoms with Gasteiger partial charge in [0.2, 0.25) is 5.56 Å². The molecule has 3 heteroatoms. The van der Waals surface area contributed by atoms with Gasteiger partial charge in [-0.15, -0.1) is 6.58 Å². The average Bonchev–Trinajstić information content (AvgIpc) is 2.05. The third kappa shape index (κ3) is 2.07. The molecule has 0 spiro atoms. The van der Waals surface area contributed by atoms with Crippen LogP contribution in [0.5, 0.6) is 0 Å². The average molecular weight is 164 g/mol. The maximum atomic E-state index is 10.9. The molecule has 1 rings (SSSR count). The van der Waals surface area contributed by atoms with Gasteiger partial charge in [0.25, 0.3) is 0 Å². The fourth-order valence-electron chi connectivity index (χ4n) is 0.988. The zero-order valence-corrected chi connectivity index (χ0v) is 6.79. The Kier molecular flexibility index (Phi) is 2.82. The lowest BCUT2D eigenvalue weighted by atomic mass is 10.1. The predicted octanol–water partition coefficient (Wildman–Crippen LogP) is 0.951. The Bertz CT molecular complexity index is 316. The van der Waals surface area contributed by atoms with Gasteiger partial charge < -0.3 is 10.7 Å². The van der Waals surface area contributed by atoms with Crippen LogP contribution in [0.4, 0.5) is 0 Å². The highest BCUT2D eigenvalue weighted by molar-refractivity contribution is 5.09. The first-order valence-corrected chi connectivity index (χ1v) is 3.79. The van der Waals surface area contributed by atoms with Crippen molar-refractivity contribution < 1.29 is 0 Å². The Labute approximate surface area is 70.9 Å². The van der Waals surface area contributed by atoms with Crippen molar-refractivity contribution in [1.82, 2.24) is 4.98 Å². The first kappa shape index (κ1) is 8.74. The van der Waals surface area contributed by atoms with E-state index in [2.05, 4.69) is 11.6 Å². The summed E-state index contributed by atoms with van der Waals surface area (Å²) in [6, 6.07) is 4.80. The van der Waals surface area contributed by atoms with Crippen molar-refractivity contribution in [3.63, 3.8) is 0 Å². The number of aromatic amines is 1. The van der Waals surface area contributed by atoms with Crippen molar-refractivity contribution in [2.24, 2.45) is 5.73 Å². The maximum Gasteiger partial charge on any atom is 0.248 e. The number of H-pyrrole nitrogens is 1. The standard InChI is InChI=1S/C9H12N2O/c1-2-4-7(10)8-5-3-6-9(12)11-8/h2-3,5-7H,1,4,10H2,(H,11,12). The molecule has 0 aliphatic heterocycles. The summed E-state index contributed by atoms with van der Waals surface area (Å²) in [5.41, 5.74) is 6.37. The van der Waals surface area contributed by atoms with Gasteiger partial charge in [-0.1, -0.05) is 12.1 Å². The molecule has 0 radical (unpaired) electrons. The second-order valence-corrected chi connectivity index (χ2v) is 2.60. The van der Waals surface area contributed by atoms with E-state index in [9.17, 15) is 4.79 Å². The van der Waals surface area contributed by atoms with Gasteiger partial charge in [-0.25, -0.2) is 0 Å². The van der Waals surface area contributed by atoms with Crippen LogP contribution in [0.2, 0.25) is 0 Å². The topological polar surface area (TPSA) is 58.9 Å². The van der Waals surface area contributed by atoms with E-state index in [1.54, 1.807) is 18.2 Å². The number of hydrogen-bond acceptors (Lipinski definition) is 2. The Morgan fingerprint density at radius 3 is 3.00 bits per heavy atom. The van der Waals surface area contributed by atoms with Crippen LogP contribution in [0.25, 0.3) is 0 Å². The van der Waals surface area contributed by atoms with Crippen LogP contribution in [0.15, 0.2) is 35.6 Å². The summed E-state index contributed by atoms with van der Waals surface area (Å²) in [5, 5.41) is 0. The molecule has 1 aromatic rings. The smallest absolute Gasteiger partial charge is 0.248 e. The quantitative estimate of drug-likeness (QED) is 0.653. The highest BCUT2D eigenvalue weighted by Gasteiger charge is 2.02. The van der Waals surface area contributed by atoms with Crippen LogP contribution in [0.1, 0.15) is 18.2 Å². The Balaban J connectivity index is 2.87. The predicted molar refractivity (Wildman–Crippen MR) is 48.8 cm³/mol. The SMILES string of the molecule is C=CCC(N)c1cccc(=O)[nH]1. The van der Waals surface area contributed by atoms with E-state index in [1.807, 2.05) is 0 Å². The summed E-state index contributed by atoms with van der Waals surface area (Å²) in [6.45, 7) is 3.58. The first-order valence-electron chi connectivity index (χ1n) is 3.79. The van der Waals surface area contributed by atoms with E-state index in [0.717, 1.165) is 5.69 Å². The van der Waals surface area contributed by atoms with Crippen molar-refractivity contribution in [2.45, 2.75) is 12.5 Å². The second kappa shape index (κ2) is 3.88. The minimum atomic E-state index is -0.156. The lowest BCUT2D eigenvalue weighted by Gasteiger charge is -2.07. The molecule has 0 aliphatic rings. The monoisotopic (exact) mass is 164 g/mol. The lowest BCUT2D eigenvalue weighted by molar-refractivity contribution is 0.710. The fourth-order valence-corrected chi connectivity index (χ4v) is 0.988. The van der Waals surface area contributed by atoms with Crippen LogP contribution in [-0.4, -0.2) is 4.98 Å². The minimum absolute atomic E-state index is 0.119. The molecule has 0 saturated carbocycles. The highest BCUT2D eigenvalue weighted by Crippen LogP contribution is 2.08. The summed E-state index contributed by atoms with van der Waals surface area (Å²) < 4.78 is 0. The molecule has 1 atom stereocenters. The molecule has 0 bridgehead atoms. The first-order chi connectivity index (χ1) is 5.74. The van der Waals surface area contributed by atoms with Crippen molar-refractivity contribution in [3.05, 3.63) is 46.9 Å². The molecule has 3 N–H and O–H groups in total. The molecule has 1 aromatic heterocycles. The lowest BCUT2D eigenvalue weighted by Crippen LogP contribution is -2.15. The van der Waals surface area contributed by atoms with Crippen molar-refractivity contribution in [1.29, 1.82) is 0 Å². The second-order valence-electron chi connectivity index (χ2n) is 2.60. The third-order valence-electron chi connectivity index (χ3n) is 1.61. The summed E-state index contributed by atoms with van der Waals surface area (Å²) in [6.07, 6.45) is 2.40. The maximum absolute atomic E-state index is 10.9. The van der Waals surface area contributed by atoms with Crippen LogP contribution < -0.4 is 11.3 Å². The highest BCUT2D eigenvalue weighted by atomic mass is 16.1. The van der Waals surface area contributed by atoms with Crippen LogP contribution in [0.3, 0.4) is 0 Å². The molecular weight excluding hydrogens is 152 g/mol. The number of pyridine rings is 1. The molecule has 0 saturated heterocycles. The number of aromatic nitrogens is 1. The Morgan fingerprint density at radius 2 is 2.42 bits per heavy atom. The molecule has 1 unspecified atom stereocenters. The molecule has 64 valence electrons. The van der Waals surface area contributed by atoms with Gasteiger partial charge in [0.05, 0.1) is 0 Å². The molecule has 1 heterocycles. The van der Waals surface area contributed by atoms with E-state index in [4.69, 9.17) is 5.73 Å².